The molecule has 4 rings (SSSR count). The fourth-order valence-electron chi connectivity index (χ4n) is 4.52. The van der Waals surface area contributed by atoms with Crippen molar-refractivity contribution in [1.82, 2.24) is 9.47 Å². The number of esters is 1. The number of carbonyl (C=O) groups excluding carboxylic acids is 2. The third-order valence-corrected chi connectivity index (χ3v) is 8.15. The number of benzene rings is 2. The third kappa shape index (κ3) is 5.01. The summed E-state index contributed by atoms with van der Waals surface area (Å²) in [6.07, 6.45) is 2.74. The topological polar surface area (TPSA) is 85.7 Å². The van der Waals surface area contributed by atoms with Crippen molar-refractivity contribution < 1.29 is 22.7 Å². The van der Waals surface area contributed by atoms with E-state index in [9.17, 15) is 18.0 Å². The Morgan fingerprint density at radius 3 is 2.41 bits per heavy atom. The maximum Gasteiger partial charge on any atom is 0.309 e. The molecule has 0 bridgehead atoms. The molecular weight excluding hydrogens is 452 g/mol. The second-order valence-electron chi connectivity index (χ2n) is 8.73. The van der Waals surface area contributed by atoms with Gasteiger partial charge in [0.25, 0.3) is 0 Å². The van der Waals surface area contributed by atoms with Gasteiger partial charge < -0.3 is 14.2 Å². The maximum atomic E-state index is 13.4. The van der Waals surface area contributed by atoms with Crippen LogP contribution in [0.5, 0.6) is 0 Å². The van der Waals surface area contributed by atoms with Crippen LogP contribution in [0.15, 0.2) is 59.6 Å². The van der Waals surface area contributed by atoms with Gasteiger partial charge in [0, 0.05) is 30.2 Å². The van der Waals surface area contributed by atoms with Crippen molar-refractivity contribution in [3.8, 4) is 0 Å². The van der Waals surface area contributed by atoms with Gasteiger partial charge in [-0.3, -0.25) is 9.59 Å². The van der Waals surface area contributed by atoms with Crippen LogP contribution in [0.1, 0.15) is 30.9 Å². The number of carbonyl (C=O) groups is 2. The molecular formula is C26H30N2O5S. The zero-order valence-electron chi connectivity index (χ0n) is 19.6. The van der Waals surface area contributed by atoms with Crippen LogP contribution >= 0.6 is 0 Å². The Morgan fingerprint density at radius 1 is 1.03 bits per heavy atom. The lowest BCUT2D eigenvalue weighted by Crippen LogP contribution is -2.42. The fraction of sp³-hybridized carbons (Fsp3) is 0.385. The highest BCUT2D eigenvalue weighted by Gasteiger charge is 2.29. The van der Waals surface area contributed by atoms with Gasteiger partial charge in [0.2, 0.25) is 5.91 Å². The van der Waals surface area contributed by atoms with Gasteiger partial charge in [-0.05, 0) is 43.9 Å². The summed E-state index contributed by atoms with van der Waals surface area (Å²) in [5.41, 5.74) is 2.40. The van der Waals surface area contributed by atoms with E-state index >= 15 is 0 Å². The molecule has 1 aliphatic heterocycles. The van der Waals surface area contributed by atoms with Gasteiger partial charge in [-0.1, -0.05) is 42.5 Å². The molecule has 0 spiro atoms. The summed E-state index contributed by atoms with van der Waals surface area (Å²) in [4.78, 5) is 27.0. The van der Waals surface area contributed by atoms with Crippen molar-refractivity contribution in [1.29, 1.82) is 0 Å². The van der Waals surface area contributed by atoms with E-state index in [0.29, 0.717) is 43.4 Å². The van der Waals surface area contributed by atoms with Crippen LogP contribution in [0, 0.1) is 12.8 Å². The highest BCUT2D eigenvalue weighted by atomic mass is 32.2. The first-order valence-corrected chi connectivity index (χ1v) is 13.2. The van der Waals surface area contributed by atoms with E-state index in [2.05, 4.69) is 0 Å². The zero-order chi connectivity index (χ0) is 24.3. The second-order valence-corrected chi connectivity index (χ2v) is 10.7. The van der Waals surface area contributed by atoms with Crippen molar-refractivity contribution >= 4 is 32.6 Å². The molecule has 180 valence electrons. The number of aryl methyl sites for hydroxylation is 1. The molecule has 1 aliphatic rings. The summed E-state index contributed by atoms with van der Waals surface area (Å²) in [5.74, 6) is -0.557. The molecule has 1 aromatic heterocycles. The number of amides is 1. The van der Waals surface area contributed by atoms with E-state index in [1.165, 1.54) is 0 Å². The zero-order valence-corrected chi connectivity index (χ0v) is 20.4. The lowest BCUT2D eigenvalue weighted by molar-refractivity contribution is -0.151. The Labute approximate surface area is 200 Å². The Bertz CT molecular complexity index is 1300. The number of fused-ring (bicyclic) bond motifs is 1. The predicted molar refractivity (Wildman–Crippen MR) is 130 cm³/mol. The van der Waals surface area contributed by atoms with Crippen molar-refractivity contribution in [2.75, 3.05) is 19.7 Å². The van der Waals surface area contributed by atoms with Crippen molar-refractivity contribution in [3.05, 3.63) is 65.9 Å². The number of hydrogen-bond acceptors (Lipinski definition) is 5. The van der Waals surface area contributed by atoms with Gasteiger partial charge in [-0.15, -0.1) is 0 Å². The smallest absolute Gasteiger partial charge is 0.309 e. The Kier molecular flexibility index (Phi) is 7.07. The Hall–Kier alpha value is -3.13. The lowest BCUT2D eigenvalue weighted by Gasteiger charge is -2.31. The van der Waals surface area contributed by atoms with Crippen LogP contribution in [0.3, 0.4) is 0 Å². The van der Waals surface area contributed by atoms with E-state index in [4.69, 9.17) is 4.74 Å². The molecule has 0 N–H and O–H groups in total. The summed E-state index contributed by atoms with van der Waals surface area (Å²) < 4.78 is 33.6. The molecule has 2 aromatic carbocycles. The first-order valence-electron chi connectivity index (χ1n) is 11.6. The molecule has 34 heavy (non-hydrogen) atoms. The van der Waals surface area contributed by atoms with Crippen LogP contribution in [-0.2, 0) is 36.5 Å². The number of likely N-dealkylation sites (tertiary alicyclic amines) is 1. The molecule has 7 nitrogen and oxygen atoms in total. The third-order valence-electron chi connectivity index (χ3n) is 6.47. The summed E-state index contributed by atoms with van der Waals surface area (Å²) >= 11 is 0. The summed E-state index contributed by atoms with van der Waals surface area (Å²) in [6.45, 7) is 5.06. The SMILES string of the molecule is CCOC(=O)C1CCN(C(=O)Cn2cc(S(=O)(=O)Cc3ccccc3C)c3ccccc32)CC1. The normalized spacial score (nSPS) is 14.9. The monoisotopic (exact) mass is 482 g/mol. The number of sulfone groups is 1. The average molecular weight is 483 g/mol. The molecule has 0 saturated carbocycles. The van der Waals surface area contributed by atoms with Gasteiger partial charge in [0.05, 0.1) is 23.2 Å². The first-order chi connectivity index (χ1) is 16.3. The second kappa shape index (κ2) is 10.0. The Morgan fingerprint density at radius 2 is 1.71 bits per heavy atom. The molecule has 0 atom stereocenters. The molecule has 1 amide bonds. The number of nitrogens with zero attached hydrogens (tertiary/aromatic N) is 2. The van der Waals surface area contributed by atoms with E-state index in [0.717, 1.165) is 11.1 Å². The summed E-state index contributed by atoms with van der Waals surface area (Å²) in [7, 11) is -3.62. The lowest BCUT2D eigenvalue weighted by atomic mass is 9.97. The number of piperidine rings is 1. The molecule has 1 saturated heterocycles. The van der Waals surface area contributed by atoms with E-state index in [-0.39, 0.29) is 35.0 Å². The van der Waals surface area contributed by atoms with Crippen LogP contribution in [0.25, 0.3) is 10.9 Å². The van der Waals surface area contributed by atoms with Gasteiger partial charge in [0.15, 0.2) is 9.84 Å². The molecule has 0 radical (unpaired) electrons. The minimum atomic E-state index is -3.62. The molecule has 0 unspecified atom stereocenters. The molecule has 3 aromatic rings. The van der Waals surface area contributed by atoms with Gasteiger partial charge in [-0.2, -0.15) is 0 Å². The first kappa shape index (κ1) is 24.0. The molecule has 2 heterocycles. The highest BCUT2D eigenvalue weighted by Crippen LogP contribution is 2.29. The minimum Gasteiger partial charge on any atom is -0.466 e. The van der Waals surface area contributed by atoms with E-state index in [1.54, 1.807) is 34.7 Å². The number of rotatable bonds is 7. The van der Waals surface area contributed by atoms with Gasteiger partial charge in [-0.25, -0.2) is 8.42 Å². The molecule has 0 aliphatic carbocycles. The Balaban J connectivity index is 1.54. The summed E-state index contributed by atoms with van der Waals surface area (Å²) in [5, 5.41) is 0.616. The molecule has 1 fully saturated rings. The number of aromatic nitrogens is 1. The summed E-state index contributed by atoms with van der Waals surface area (Å²) in [6, 6.07) is 14.7. The van der Waals surface area contributed by atoms with E-state index in [1.807, 2.05) is 43.3 Å². The molecule has 8 heteroatoms. The highest BCUT2D eigenvalue weighted by molar-refractivity contribution is 7.90. The predicted octanol–water partition coefficient (Wildman–Crippen LogP) is 3.73. The van der Waals surface area contributed by atoms with Crippen molar-refractivity contribution in [3.63, 3.8) is 0 Å². The standard InChI is InChI=1S/C26H30N2O5S/c1-3-33-26(30)20-12-14-27(15-13-20)25(29)17-28-16-24(22-10-6-7-11-23(22)28)34(31,32)18-21-9-5-4-8-19(21)2/h4-11,16,20H,3,12-15,17-18H2,1-2H3. The van der Waals surface area contributed by atoms with Crippen LogP contribution in [0.4, 0.5) is 0 Å². The largest absolute Gasteiger partial charge is 0.466 e. The number of para-hydroxylation sites is 1. The number of hydrogen-bond donors (Lipinski definition) is 0. The van der Waals surface area contributed by atoms with Gasteiger partial charge >= 0.3 is 5.97 Å². The number of ether oxygens (including phenoxy) is 1. The maximum absolute atomic E-state index is 13.4. The van der Waals surface area contributed by atoms with Crippen molar-refractivity contribution in [2.45, 2.75) is 43.9 Å². The van der Waals surface area contributed by atoms with Gasteiger partial charge in [0.1, 0.15) is 6.54 Å². The van der Waals surface area contributed by atoms with Crippen LogP contribution in [0.2, 0.25) is 0 Å². The van der Waals surface area contributed by atoms with Crippen LogP contribution < -0.4 is 0 Å². The van der Waals surface area contributed by atoms with Crippen LogP contribution in [-0.4, -0.2) is 49.5 Å². The van der Waals surface area contributed by atoms with Crippen molar-refractivity contribution in [2.24, 2.45) is 5.92 Å². The van der Waals surface area contributed by atoms with E-state index < -0.39 is 9.84 Å². The average Bonchev–Trinajstić information content (AvgIpc) is 3.20. The fourth-order valence-corrected chi connectivity index (χ4v) is 6.20. The minimum absolute atomic E-state index is 0.0461. The quantitative estimate of drug-likeness (QED) is 0.479.